The lowest BCUT2D eigenvalue weighted by Crippen LogP contribution is -2.15. The van der Waals surface area contributed by atoms with Crippen LogP contribution in [0.15, 0.2) is 29.1 Å². The summed E-state index contributed by atoms with van der Waals surface area (Å²) in [5.74, 6) is 1.38. The van der Waals surface area contributed by atoms with E-state index in [0.717, 1.165) is 22.6 Å². The third-order valence-electron chi connectivity index (χ3n) is 3.06. The van der Waals surface area contributed by atoms with Crippen molar-refractivity contribution in [3.8, 4) is 17.1 Å². The van der Waals surface area contributed by atoms with Gasteiger partial charge in [-0.1, -0.05) is 0 Å². The molecule has 5 nitrogen and oxygen atoms in total. The van der Waals surface area contributed by atoms with Crippen molar-refractivity contribution in [2.45, 2.75) is 13.1 Å². The zero-order valence-electron chi connectivity index (χ0n) is 9.99. The molecular weight excluding hydrogens is 230 g/mol. The van der Waals surface area contributed by atoms with Gasteiger partial charge in [0, 0.05) is 18.7 Å². The first-order chi connectivity index (χ1) is 8.78. The van der Waals surface area contributed by atoms with Crippen LogP contribution in [-0.2, 0) is 13.1 Å². The van der Waals surface area contributed by atoms with Crippen molar-refractivity contribution in [2.75, 3.05) is 7.11 Å². The number of methoxy groups -OCH3 is 1. The summed E-state index contributed by atoms with van der Waals surface area (Å²) in [5.41, 5.74) is 2.40. The minimum Gasteiger partial charge on any atom is -0.497 e. The number of fused-ring (bicyclic) bond motifs is 1. The zero-order valence-corrected chi connectivity index (χ0v) is 9.99. The molecule has 0 amide bonds. The molecule has 1 aromatic heterocycles. The molecule has 0 atom stereocenters. The fraction of sp³-hybridized carbons (Fsp3) is 0.231. The standard InChI is InChI=1S/C13H13N3O2/c1-18-9-4-2-8(3-5-9)12-15-11-7-14-6-10(11)13(17)16-12/h2-5,14H,6-7H2,1H3,(H,15,16,17). The Labute approximate surface area is 104 Å². The molecule has 2 N–H and O–H groups in total. The molecule has 0 radical (unpaired) electrons. The van der Waals surface area contributed by atoms with Gasteiger partial charge in [0.05, 0.1) is 18.4 Å². The van der Waals surface area contributed by atoms with Crippen LogP contribution in [0.5, 0.6) is 5.75 Å². The monoisotopic (exact) mass is 243 g/mol. The first-order valence-electron chi connectivity index (χ1n) is 5.75. The number of hydrogen-bond acceptors (Lipinski definition) is 4. The fourth-order valence-corrected chi connectivity index (χ4v) is 2.06. The quantitative estimate of drug-likeness (QED) is 0.827. The van der Waals surface area contributed by atoms with Crippen LogP contribution in [0.25, 0.3) is 11.4 Å². The van der Waals surface area contributed by atoms with Gasteiger partial charge in [-0.15, -0.1) is 0 Å². The minimum atomic E-state index is -0.0594. The molecule has 1 aliphatic heterocycles. The lowest BCUT2D eigenvalue weighted by molar-refractivity contribution is 0.415. The molecule has 0 unspecified atom stereocenters. The highest BCUT2D eigenvalue weighted by Crippen LogP contribution is 2.19. The SMILES string of the molecule is COc1ccc(-c2nc3c(c(=O)[nH]2)CNC3)cc1. The molecule has 0 aliphatic carbocycles. The maximum absolute atomic E-state index is 11.9. The molecule has 1 aromatic carbocycles. The van der Waals surface area contributed by atoms with Crippen molar-refractivity contribution in [3.63, 3.8) is 0 Å². The van der Waals surface area contributed by atoms with E-state index in [2.05, 4.69) is 15.3 Å². The Bertz CT molecular complexity index is 632. The summed E-state index contributed by atoms with van der Waals surface area (Å²) in [6, 6.07) is 7.46. The van der Waals surface area contributed by atoms with Gasteiger partial charge in [0.2, 0.25) is 0 Å². The summed E-state index contributed by atoms with van der Waals surface area (Å²) in [6.07, 6.45) is 0. The second-order valence-electron chi connectivity index (χ2n) is 4.17. The molecule has 0 fully saturated rings. The third-order valence-corrected chi connectivity index (χ3v) is 3.06. The van der Waals surface area contributed by atoms with E-state index in [1.165, 1.54) is 0 Å². The van der Waals surface area contributed by atoms with E-state index in [-0.39, 0.29) is 5.56 Å². The number of rotatable bonds is 2. The highest BCUT2D eigenvalue weighted by molar-refractivity contribution is 5.56. The first kappa shape index (κ1) is 11.0. The second-order valence-corrected chi connectivity index (χ2v) is 4.17. The molecule has 0 saturated heterocycles. The normalized spacial score (nSPS) is 13.4. The van der Waals surface area contributed by atoms with E-state index in [1.807, 2.05) is 24.3 Å². The Morgan fingerprint density at radius 3 is 2.72 bits per heavy atom. The average Bonchev–Trinajstić information content (AvgIpc) is 2.88. The van der Waals surface area contributed by atoms with Gasteiger partial charge >= 0.3 is 0 Å². The molecule has 92 valence electrons. The van der Waals surface area contributed by atoms with Gasteiger partial charge in [-0.25, -0.2) is 4.98 Å². The highest BCUT2D eigenvalue weighted by Gasteiger charge is 2.16. The molecule has 1 aliphatic rings. The van der Waals surface area contributed by atoms with E-state index >= 15 is 0 Å². The Morgan fingerprint density at radius 2 is 2.00 bits per heavy atom. The van der Waals surface area contributed by atoms with E-state index in [4.69, 9.17) is 4.74 Å². The minimum absolute atomic E-state index is 0.0594. The average molecular weight is 243 g/mol. The molecule has 0 bridgehead atoms. The van der Waals surface area contributed by atoms with Gasteiger partial charge in [-0.05, 0) is 24.3 Å². The van der Waals surface area contributed by atoms with Gasteiger partial charge in [-0.2, -0.15) is 0 Å². The van der Waals surface area contributed by atoms with E-state index in [9.17, 15) is 4.79 Å². The summed E-state index contributed by atoms with van der Waals surface area (Å²) >= 11 is 0. The van der Waals surface area contributed by atoms with Gasteiger partial charge < -0.3 is 15.0 Å². The van der Waals surface area contributed by atoms with Crippen LogP contribution in [0, 0.1) is 0 Å². The van der Waals surface area contributed by atoms with Crippen LogP contribution in [0.2, 0.25) is 0 Å². The largest absolute Gasteiger partial charge is 0.497 e. The number of ether oxygens (including phenoxy) is 1. The van der Waals surface area contributed by atoms with Crippen molar-refractivity contribution < 1.29 is 4.74 Å². The maximum atomic E-state index is 11.9. The summed E-state index contributed by atoms with van der Waals surface area (Å²) in [5, 5.41) is 3.12. The highest BCUT2D eigenvalue weighted by atomic mass is 16.5. The number of aromatic amines is 1. The Hall–Kier alpha value is -2.14. The van der Waals surface area contributed by atoms with Crippen LogP contribution in [0.1, 0.15) is 11.3 Å². The van der Waals surface area contributed by atoms with Gasteiger partial charge in [0.15, 0.2) is 0 Å². The number of aromatic nitrogens is 2. The number of hydrogen-bond donors (Lipinski definition) is 2. The van der Waals surface area contributed by atoms with Gasteiger partial charge in [-0.3, -0.25) is 4.79 Å². The topological polar surface area (TPSA) is 67.0 Å². The lowest BCUT2D eigenvalue weighted by Gasteiger charge is -2.04. The van der Waals surface area contributed by atoms with Crippen molar-refractivity contribution >= 4 is 0 Å². The Kier molecular flexibility index (Phi) is 2.60. The smallest absolute Gasteiger partial charge is 0.255 e. The molecule has 0 saturated carbocycles. The fourth-order valence-electron chi connectivity index (χ4n) is 2.06. The summed E-state index contributed by atoms with van der Waals surface area (Å²) in [6.45, 7) is 1.25. The molecular formula is C13H13N3O2. The third kappa shape index (κ3) is 1.78. The first-order valence-corrected chi connectivity index (χ1v) is 5.75. The van der Waals surface area contributed by atoms with Crippen LogP contribution in [0.3, 0.4) is 0 Å². The number of nitrogens with zero attached hydrogens (tertiary/aromatic N) is 1. The van der Waals surface area contributed by atoms with Gasteiger partial charge in [0.1, 0.15) is 11.6 Å². The summed E-state index contributed by atoms with van der Waals surface area (Å²) in [7, 11) is 1.62. The molecule has 5 heteroatoms. The van der Waals surface area contributed by atoms with E-state index < -0.39 is 0 Å². The number of nitrogens with one attached hydrogen (secondary N) is 2. The number of benzene rings is 1. The second kappa shape index (κ2) is 4.27. The van der Waals surface area contributed by atoms with Crippen LogP contribution in [-0.4, -0.2) is 17.1 Å². The van der Waals surface area contributed by atoms with Crippen molar-refractivity contribution in [1.82, 2.24) is 15.3 Å². The van der Waals surface area contributed by atoms with Crippen molar-refractivity contribution in [2.24, 2.45) is 0 Å². The predicted molar refractivity (Wildman–Crippen MR) is 67.4 cm³/mol. The van der Waals surface area contributed by atoms with Crippen LogP contribution < -0.4 is 15.6 Å². The molecule has 2 aromatic rings. The molecule has 18 heavy (non-hydrogen) atoms. The van der Waals surface area contributed by atoms with Crippen molar-refractivity contribution in [3.05, 3.63) is 45.9 Å². The molecule has 3 rings (SSSR count). The Balaban J connectivity index is 2.06. The summed E-state index contributed by atoms with van der Waals surface area (Å²) < 4.78 is 5.10. The lowest BCUT2D eigenvalue weighted by atomic mass is 10.2. The van der Waals surface area contributed by atoms with Crippen molar-refractivity contribution in [1.29, 1.82) is 0 Å². The zero-order chi connectivity index (χ0) is 12.5. The maximum Gasteiger partial charge on any atom is 0.255 e. The van der Waals surface area contributed by atoms with E-state index in [1.54, 1.807) is 7.11 Å². The van der Waals surface area contributed by atoms with E-state index in [0.29, 0.717) is 18.9 Å². The number of H-pyrrole nitrogens is 1. The summed E-state index contributed by atoms with van der Waals surface area (Å²) in [4.78, 5) is 19.2. The Morgan fingerprint density at radius 1 is 1.22 bits per heavy atom. The van der Waals surface area contributed by atoms with Crippen LogP contribution >= 0.6 is 0 Å². The molecule has 2 heterocycles. The van der Waals surface area contributed by atoms with Crippen LogP contribution in [0.4, 0.5) is 0 Å². The van der Waals surface area contributed by atoms with Gasteiger partial charge in [0.25, 0.3) is 5.56 Å². The predicted octanol–water partition coefficient (Wildman–Crippen LogP) is 1.05. The molecule has 0 spiro atoms.